The summed E-state index contributed by atoms with van der Waals surface area (Å²) in [5.74, 6) is -0.980. The fraction of sp³-hybridized carbons (Fsp3) is 0.702. The van der Waals surface area contributed by atoms with Crippen LogP contribution in [0, 0.1) is 0 Å². The molecule has 1 atom stereocenters. The molecule has 0 aliphatic carbocycles. The van der Waals surface area contributed by atoms with E-state index in [1.54, 1.807) is 0 Å². The molecule has 1 unspecified atom stereocenters. The summed E-state index contributed by atoms with van der Waals surface area (Å²) in [6.07, 6.45) is 65.7. The molecule has 0 N–H and O–H groups in total. The molecule has 0 radical (unpaired) electrons. The first-order valence-corrected chi connectivity index (χ1v) is 26.2. The Bertz CT molecular complexity index is 1240. The molecule has 0 aromatic rings. The maximum atomic E-state index is 12.8. The first-order valence-electron chi connectivity index (χ1n) is 26.2. The Morgan fingerprint density at radius 3 is 0.984 bits per heavy atom. The van der Waals surface area contributed by atoms with E-state index < -0.39 is 6.10 Å². The number of hydrogen-bond donors (Lipinski definition) is 0. The zero-order valence-electron chi connectivity index (χ0n) is 41.1. The molecule has 360 valence electrons. The van der Waals surface area contributed by atoms with E-state index in [9.17, 15) is 14.4 Å². The molecule has 63 heavy (non-hydrogen) atoms. The summed E-state index contributed by atoms with van der Waals surface area (Å²) in [4.78, 5) is 38.0. The van der Waals surface area contributed by atoms with Crippen LogP contribution in [0.1, 0.15) is 239 Å². The molecule has 0 aromatic carbocycles. The molecule has 0 heterocycles. The van der Waals surface area contributed by atoms with Crippen molar-refractivity contribution in [3.05, 3.63) is 85.1 Å². The number of rotatable bonds is 46. The van der Waals surface area contributed by atoms with Crippen molar-refractivity contribution in [3.63, 3.8) is 0 Å². The van der Waals surface area contributed by atoms with E-state index >= 15 is 0 Å². The van der Waals surface area contributed by atoms with Crippen molar-refractivity contribution in [1.29, 1.82) is 0 Å². The maximum Gasteiger partial charge on any atom is 0.306 e. The molecule has 0 bridgehead atoms. The number of unbranched alkanes of at least 4 members (excludes halogenated alkanes) is 25. The SMILES string of the molecule is CC/C=C/C=C/C=C/CCCCCCCC(=O)OCC(COC(=O)CCCCC/C=C/C=C/CCCCCCCCC)OC(=O)CCCCC/C=C/C=C/CCCCCCCCC. The molecule has 0 spiro atoms. The van der Waals surface area contributed by atoms with Gasteiger partial charge in [-0.15, -0.1) is 0 Å². The van der Waals surface area contributed by atoms with Crippen LogP contribution in [0.15, 0.2) is 85.1 Å². The van der Waals surface area contributed by atoms with E-state index in [0.29, 0.717) is 12.8 Å². The fourth-order valence-electron chi connectivity index (χ4n) is 7.01. The van der Waals surface area contributed by atoms with Crippen molar-refractivity contribution in [3.8, 4) is 0 Å². The Labute approximate surface area is 388 Å². The number of hydrogen-bond acceptors (Lipinski definition) is 6. The van der Waals surface area contributed by atoms with Crippen molar-refractivity contribution < 1.29 is 28.6 Å². The number of carbonyl (C=O) groups excluding carboxylic acids is 3. The summed E-state index contributed by atoms with van der Waals surface area (Å²) in [6, 6.07) is 0. The topological polar surface area (TPSA) is 78.9 Å². The lowest BCUT2D eigenvalue weighted by atomic mass is 10.1. The number of allylic oxidation sites excluding steroid dienone is 14. The molecule has 0 fully saturated rings. The predicted molar refractivity (Wildman–Crippen MR) is 270 cm³/mol. The van der Waals surface area contributed by atoms with Crippen LogP contribution in [-0.2, 0) is 28.6 Å². The van der Waals surface area contributed by atoms with Crippen molar-refractivity contribution >= 4 is 17.9 Å². The molecule has 0 aromatic heterocycles. The Morgan fingerprint density at radius 1 is 0.333 bits per heavy atom. The molecule has 0 aliphatic rings. The van der Waals surface area contributed by atoms with Crippen molar-refractivity contribution in [2.24, 2.45) is 0 Å². The van der Waals surface area contributed by atoms with Gasteiger partial charge in [0.2, 0.25) is 0 Å². The minimum atomic E-state index is -0.810. The third-order valence-corrected chi connectivity index (χ3v) is 11.0. The molecule has 0 aliphatic heterocycles. The zero-order valence-corrected chi connectivity index (χ0v) is 41.1. The minimum absolute atomic E-state index is 0.107. The van der Waals surface area contributed by atoms with Crippen molar-refractivity contribution in [2.45, 2.75) is 245 Å². The molecule has 6 heteroatoms. The van der Waals surface area contributed by atoms with Gasteiger partial charge in [0.25, 0.3) is 0 Å². The van der Waals surface area contributed by atoms with Gasteiger partial charge in [-0.3, -0.25) is 14.4 Å². The molecule has 0 saturated heterocycles. The lowest BCUT2D eigenvalue weighted by Gasteiger charge is -2.18. The molecule has 0 amide bonds. The second-order valence-corrected chi connectivity index (χ2v) is 17.2. The van der Waals surface area contributed by atoms with Crippen LogP contribution in [0.3, 0.4) is 0 Å². The monoisotopic (exact) mass is 877 g/mol. The van der Waals surface area contributed by atoms with Gasteiger partial charge in [0.15, 0.2) is 6.10 Å². The van der Waals surface area contributed by atoms with Crippen LogP contribution in [-0.4, -0.2) is 37.2 Å². The highest BCUT2D eigenvalue weighted by Gasteiger charge is 2.19. The third kappa shape index (κ3) is 49.5. The average molecular weight is 877 g/mol. The van der Waals surface area contributed by atoms with Gasteiger partial charge in [-0.25, -0.2) is 0 Å². The Morgan fingerprint density at radius 2 is 0.619 bits per heavy atom. The van der Waals surface area contributed by atoms with Crippen LogP contribution in [0.4, 0.5) is 0 Å². The lowest BCUT2D eigenvalue weighted by Crippen LogP contribution is -2.30. The first kappa shape index (κ1) is 59.6. The standard InChI is InChI=1S/C57H96O6/c1-4-7-10-13-16-19-22-25-27-29-32-35-38-41-44-47-50-56(59)62-53-54(52-61-55(58)49-46-43-40-37-34-31-24-21-18-15-12-9-6-3)63-57(60)51-48-45-42-39-36-33-30-28-26-23-20-17-14-11-8-5-2/h9,12,15,18,21,24,27-30,32-33,35-36,54H,4-8,10-11,13-14,16-17,19-20,22-23,25-26,31,34,37-53H2,1-3H3/b12-9+,18-15+,24-21+,29-27+,30-28+,35-32+,36-33+. The van der Waals surface area contributed by atoms with Gasteiger partial charge < -0.3 is 14.2 Å². The second kappa shape index (κ2) is 51.2. The highest BCUT2D eigenvalue weighted by Crippen LogP contribution is 2.13. The number of ether oxygens (including phenoxy) is 3. The van der Waals surface area contributed by atoms with Crippen LogP contribution in [0.2, 0.25) is 0 Å². The fourth-order valence-corrected chi connectivity index (χ4v) is 7.01. The van der Waals surface area contributed by atoms with E-state index in [2.05, 4.69) is 106 Å². The van der Waals surface area contributed by atoms with Gasteiger partial charge in [-0.1, -0.05) is 215 Å². The molecular formula is C57H96O6. The summed E-state index contributed by atoms with van der Waals surface area (Å²) < 4.78 is 16.7. The quantitative estimate of drug-likeness (QED) is 0.0262. The normalized spacial score (nSPS) is 12.7. The van der Waals surface area contributed by atoms with E-state index in [-0.39, 0.29) is 37.5 Å². The van der Waals surface area contributed by atoms with Crippen LogP contribution in [0.25, 0.3) is 0 Å². The highest BCUT2D eigenvalue weighted by atomic mass is 16.6. The average Bonchev–Trinajstić information content (AvgIpc) is 3.28. The Balaban J connectivity index is 4.50. The van der Waals surface area contributed by atoms with Gasteiger partial charge in [-0.05, 0) is 89.9 Å². The lowest BCUT2D eigenvalue weighted by molar-refractivity contribution is -0.167. The summed E-state index contributed by atoms with van der Waals surface area (Å²) in [5, 5.41) is 0. The highest BCUT2D eigenvalue weighted by molar-refractivity contribution is 5.71. The van der Waals surface area contributed by atoms with Crippen LogP contribution < -0.4 is 0 Å². The third-order valence-electron chi connectivity index (χ3n) is 11.0. The largest absolute Gasteiger partial charge is 0.462 e. The van der Waals surface area contributed by atoms with Crippen LogP contribution in [0.5, 0.6) is 0 Å². The van der Waals surface area contributed by atoms with Gasteiger partial charge in [-0.2, -0.15) is 0 Å². The maximum absolute atomic E-state index is 12.8. The second-order valence-electron chi connectivity index (χ2n) is 17.2. The minimum Gasteiger partial charge on any atom is -0.462 e. The first-order chi connectivity index (χ1) is 31.0. The molecule has 6 nitrogen and oxygen atoms in total. The summed E-state index contributed by atoms with van der Waals surface area (Å²) in [5.41, 5.74) is 0. The van der Waals surface area contributed by atoms with E-state index in [1.807, 2.05) is 0 Å². The van der Waals surface area contributed by atoms with Gasteiger partial charge in [0.1, 0.15) is 13.2 Å². The summed E-state index contributed by atoms with van der Waals surface area (Å²) >= 11 is 0. The Kier molecular flexibility index (Phi) is 48.5. The number of carbonyl (C=O) groups is 3. The van der Waals surface area contributed by atoms with E-state index in [4.69, 9.17) is 14.2 Å². The Hall–Kier alpha value is -3.41. The predicted octanol–water partition coefficient (Wildman–Crippen LogP) is 17.2. The van der Waals surface area contributed by atoms with Crippen molar-refractivity contribution in [2.75, 3.05) is 13.2 Å². The van der Waals surface area contributed by atoms with E-state index in [0.717, 1.165) is 109 Å². The van der Waals surface area contributed by atoms with Crippen molar-refractivity contribution in [1.82, 2.24) is 0 Å². The smallest absolute Gasteiger partial charge is 0.306 e. The van der Waals surface area contributed by atoms with E-state index in [1.165, 1.54) is 89.9 Å². The zero-order chi connectivity index (χ0) is 45.8. The van der Waals surface area contributed by atoms with Gasteiger partial charge in [0.05, 0.1) is 0 Å². The summed E-state index contributed by atoms with van der Waals surface area (Å²) in [6.45, 7) is 6.43. The van der Waals surface area contributed by atoms with Crippen LogP contribution >= 0.6 is 0 Å². The molecule has 0 rings (SSSR count). The van der Waals surface area contributed by atoms with Gasteiger partial charge >= 0.3 is 17.9 Å². The molecule has 0 saturated carbocycles. The van der Waals surface area contributed by atoms with Gasteiger partial charge in [0, 0.05) is 19.3 Å². The summed E-state index contributed by atoms with van der Waals surface area (Å²) in [7, 11) is 0. The number of esters is 3. The molecular weight excluding hydrogens is 781 g/mol.